The molecule has 0 spiro atoms. The fourth-order valence-corrected chi connectivity index (χ4v) is 4.84. The fourth-order valence-electron chi connectivity index (χ4n) is 4.84. The molecule has 0 aromatic rings. The van der Waals surface area contributed by atoms with Crippen LogP contribution in [0.25, 0.3) is 0 Å². The van der Waals surface area contributed by atoms with Crippen LogP contribution in [0.15, 0.2) is 0 Å². The number of esters is 1. The Morgan fingerprint density at radius 1 is 0.515 bits per heavy atom. The number of carbonyl (C=O) groups is 1. The molecule has 0 saturated heterocycles. The van der Waals surface area contributed by atoms with Crippen LogP contribution < -0.4 is 0 Å². The third-order valence-electron chi connectivity index (χ3n) is 7.33. The smallest absolute Gasteiger partial charge is 0.305 e. The molecule has 0 aliphatic heterocycles. The van der Waals surface area contributed by atoms with E-state index in [0.29, 0.717) is 13.0 Å². The van der Waals surface area contributed by atoms with E-state index in [1.165, 1.54) is 141 Å². The number of rotatable bonds is 26. The van der Waals surface area contributed by atoms with Crippen molar-refractivity contribution in [3.63, 3.8) is 0 Å². The Balaban J connectivity index is 4.18. The topological polar surface area (TPSA) is 26.3 Å². The van der Waals surface area contributed by atoms with E-state index in [1.54, 1.807) is 0 Å². The minimum Gasteiger partial charge on any atom is -0.465 e. The van der Waals surface area contributed by atoms with Crippen molar-refractivity contribution >= 4 is 5.97 Å². The largest absolute Gasteiger partial charge is 0.465 e. The first-order chi connectivity index (χ1) is 16.1. The SMILES string of the molecule is CCCCCCCCCCC(C)(CCCCCCCC)COC(=O)CCCCCCCCC. The number of hydrogen-bond donors (Lipinski definition) is 0. The van der Waals surface area contributed by atoms with Gasteiger partial charge in [0.05, 0.1) is 6.61 Å². The molecule has 0 heterocycles. The first-order valence-corrected chi connectivity index (χ1v) is 15.2. The summed E-state index contributed by atoms with van der Waals surface area (Å²) in [5.74, 6) is 0.0358. The van der Waals surface area contributed by atoms with Gasteiger partial charge < -0.3 is 4.74 Å². The van der Waals surface area contributed by atoms with Crippen molar-refractivity contribution in [2.75, 3.05) is 6.61 Å². The van der Waals surface area contributed by atoms with Crippen molar-refractivity contribution in [1.82, 2.24) is 0 Å². The van der Waals surface area contributed by atoms with Crippen molar-refractivity contribution in [3.8, 4) is 0 Å². The highest BCUT2D eigenvalue weighted by Gasteiger charge is 2.25. The number of carbonyl (C=O) groups excluding carboxylic acids is 1. The van der Waals surface area contributed by atoms with E-state index in [2.05, 4.69) is 27.7 Å². The van der Waals surface area contributed by atoms with Gasteiger partial charge >= 0.3 is 5.97 Å². The first-order valence-electron chi connectivity index (χ1n) is 15.2. The quantitative estimate of drug-likeness (QED) is 0.0935. The van der Waals surface area contributed by atoms with Gasteiger partial charge in [-0.15, -0.1) is 0 Å². The zero-order valence-corrected chi connectivity index (χ0v) is 23.5. The summed E-state index contributed by atoms with van der Waals surface area (Å²) in [7, 11) is 0. The predicted octanol–water partition coefficient (Wildman–Crippen LogP) is 11.0. The van der Waals surface area contributed by atoms with Crippen LogP contribution in [0.3, 0.4) is 0 Å². The zero-order valence-electron chi connectivity index (χ0n) is 23.5. The molecule has 0 fully saturated rings. The van der Waals surface area contributed by atoms with Crippen molar-refractivity contribution in [2.45, 2.75) is 182 Å². The Morgan fingerprint density at radius 2 is 0.848 bits per heavy atom. The van der Waals surface area contributed by atoms with Crippen LogP contribution in [0.5, 0.6) is 0 Å². The van der Waals surface area contributed by atoms with Gasteiger partial charge in [0.2, 0.25) is 0 Å². The summed E-state index contributed by atoms with van der Waals surface area (Å²) < 4.78 is 5.83. The highest BCUT2D eigenvalue weighted by molar-refractivity contribution is 5.69. The van der Waals surface area contributed by atoms with E-state index in [4.69, 9.17) is 4.74 Å². The summed E-state index contributed by atoms with van der Waals surface area (Å²) in [6.07, 6.45) is 30.7. The van der Waals surface area contributed by atoms with Crippen LogP contribution in [0.2, 0.25) is 0 Å². The molecule has 0 bridgehead atoms. The normalized spacial score (nSPS) is 13.2. The van der Waals surface area contributed by atoms with Crippen LogP contribution in [0.4, 0.5) is 0 Å². The maximum absolute atomic E-state index is 12.4. The fraction of sp³-hybridized carbons (Fsp3) is 0.968. The highest BCUT2D eigenvalue weighted by Crippen LogP contribution is 2.32. The molecule has 0 aliphatic rings. The second-order valence-corrected chi connectivity index (χ2v) is 11.1. The molecule has 2 nitrogen and oxygen atoms in total. The second kappa shape index (κ2) is 24.6. The summed E-state index contributed by atoms with van der Waals surface area (Å²) in [5.41, 5.74) is 0.169. The van der Waals surface area contributed by atoms with Gasteiger partial charge in [-0.2, -0.15) is 0 Å². The molecule has 1 unspecified atom stereocenters. The van der Waals surface area contributed by atoms with Crippen LogP contribution in [-0.2, 0) is 9.53 Å². The second-order valence-electron chi connectivity index (χ2n) is 11.1. The van der Waals surface area contributed by atoms with Crippen LogP contribution in [-0.4, -0.2) is 12.6 Å². The number of hydrogen-bond acceptors (Lipinski definition) is 2. The summed E-state index contributed by atoms with van der Waals surface area (Å²) >= 11 is 0. The molecular weight excluding hydrogens is 404 g/mol. The lowest BCUT2D eigenvalue weighted by Crippen LogP contribution is -2.25. The van der Waals surface area contributed by atoms with E-state index in [-0.39, 0.29) is 11.4 Å². The van der Waals surface area contributed by atoms with Gasteiger partial charge in [0, 0.05) is 11.8 Å². The lowest BCUT2D eigenvalue weighted by Gasteiger charge is -2.29. The van der Waals surface area contributed by atoms with Crippen LogP contribution >= 0.6 is 0 Å². The minimum absolute atomic E-state index is 0.0358. The van der Waals surface area contributed by atoms with Gasteiger partial charge in [0.15, 0.2) is 0 Å². The Hall–Kier alpha value is -0.530. The Kier molecular flexibility index (Phi) is 24.2. The van der Waals surface area contributed by atoms with Crippen molar-refractivity contribution in [3.05, 3.63) is 0 Å². The maximum Gasteiger partial charge on any atom is 0.305 e. The molecular formula is C31H62O2. The maximum atomic E-state index is 12.4. The molecule has 2 heteroatoms. The van der Waals surface area contributed by atoms with E-state index in [1.807, 2.05) is 0 Å². The van der Waals surface area contributed by atoms with Gasteiger partial charge in [-0.3, -0.25) is 4.79 Å². The summed E-state index contributed by atoms with van der Waals surface area (Å²) in [6.45, 7) is 9.83. The van der Waals surface area contributed by atoms with E-state index < -0.39 is 0 Å². The third-order valence-corrected chi connectivity index (χ3v) is 7.33. The van der Waals surface area contributed by atoms with Crippen molar-refractivity contribution in [2.24, 2.45) is 5.41 Å². The molecule has 0 amide bonds. The monoisotopic (exact) mass is 466 g/mol. The predicted molar refractivity (Wildman–Crippen MR) is 147 cm³/mol. The lowest BCUT2D eigenvalue weighted by molar-refractivity contribution is -0.147. The van der Waals surface area contributed by atoms with Crippen molar-refractivity contribution < 1.29 is 9.53 Å². The molecule has 0 aromatic carbocycles. The third kappa shape index (κ3) is 23.0. The molecule has 0 aromatic heterocycles. The summed E-state index contributed by atoms with van der Waals surface area (Å²) in [5, 5.41) is 0. The van der Waals surface area contributed by atoms with Gasteiger partial charge in [-0.1, -0.05) is 156 Å². The molecule has 0 N–H and O–H groups in total. The number of unbranched alkanes of at least 4 members (excludes halogenated alkanes) is 18. The molecule has 33 heavy (non-hydrogen) atoms. The molecule has 0 aliphatic carbocycles. The standard InChI is InChI=1S/C31H62O2/c1-5-8-11-14-17-19-22-25-28-31(4,27-24-21-16-13-10-7-3)29-33-30(32)26-23-20-18-15-12-9-6-2/h5-29H2,1-4H3. The zero-order chi connectivity index (χ0) is 24.5. The number of ether oxygens (including phenoxy) is 1. The van der Waals surface area contributed by atoms with Crippen molar-refractivity contribution in [1.29, 1.82) is 0 Å². The Labute approximate surface area is 209 Å². The van der Waals surface area contributed by atoms with Gasteiger partial charge in [-0.05, 0) is 19.3 Å². The average Bonchev–Trinajstić information content (AvgIpc) is 2.81. The molecule has 0 saturated carbocycles. The van der Waals surface area contributed by atoms with E-state index in [0.717, 1.165) is 6.42 Å². The highest BCUT2D eigenvalue weighted by atomic mass is 16.5. The first kappa shape index (κ1) is 32.5. The molecule has 198 valence electrons. The lowest BCUT2D eigenvalue weighted by atomic mass is 9.80. The van der Waals surface area contributed by atoms with E-state index >= 15 is 0 Å². The van der Waals surface area contributed by atoms with E-state index in [9.17, 15) is 4.79 Å². The summed E-state index contributed by atoms with van der Waals surface area (Å²) in [4.78, 5) is 12.4. The summed E-state index contributed by atoms with van der Waals surface area (Å²) in [6, 6.07) is 0. The molecule has 0 rings (SSSR count). The molecule has 1 atom stereocenters. The van der Waals surface area contributed by atoms with Gasteiger partial charge in [0.1, 0.15) is 0 Å². The minimum atomic E-state index is 0.0358. The average molecular weight is 467 g/mol. The Bertz CT molecular complexity index is 406. The Morgan fingerprint density at radius 3 is 1.24 bits per heavy atom. The van der Waals surface area contributed by atoms with Gasteiger partial charge in [0.25, 0.3) is 0 Å². The molecule has 0 radical (unpaired) electrons. The van der Waals surface area contributed by atoms with Gasteiger partial charge in [-0.25, -0.2) is 0 Å². The van der Waals surface area contributed by atoms with Crippen LogP contribution in [0.1, 0.15) is 182 Å². The van der Waals surface area contributed by atoms with Crippen LogP contribution in [0, 0.1) is 5.41 Å².